The average molecular weight is 334 g/mol. The molecule has 0 saturated carbocycles. The first-order valence-corrected chi connectivity index (χ1v) is 9.63. The van der Waals surface area contributed by atoms with Crippen molar-refractivity contribution in [3.05, 3.63) is 23.8 Å². The normalized spacial score (nSPS) is 19.6. The van der Waals surface area contributed by atoms with Crippen molar-refractivity contribution in [1.82, 2.24) is 0 Å². The first-order chi connectivity index (χ1) is 9.67. The van der Waals surface area contributed by atoms with E-state index in [1.54, 1.807) is 6.92 Å². The summed E-state index contributed by atoms with van der Waals surface area (Å²) < 4.78 is 54.4. The molecular formula is C12H18N2O5S2. The number of primary sulfonamides is 1. The fourth-order valence-corrected chi connectivity index (χ4v) is 4.36. The molecule has 118 valence electrons. The van der Waals surface area contributed by atoms with E-state index in [2.05, 4.69) is 4.72 Å². The summed E-state index contributed by atoms with van der Waals surface area (Å²) in [6.45, 7) is 2.14. The van der Waals surface area contributed by atoms with Crippen LogP contribution in [-0.2, 0) is 24.8 Å². The number of nitrogens with two attached hydrogens (primary N) is 1. The molecule has 1 fully saturated rings. The first-order valence-electron chi connectivity index (χ1n) is 6.43. The lowest BCUT2D eigenvalue weighted by atomic mass is 10.2. The van der Waals surface area contributed by atoms with Crippen LogP contribution < -0.4 is 9.86 Å². The standard InChI is InChI=1S/C12H18N2O5S2/c1-9-7-10(4-5-12(9)21(13,17)18)14-20(15,16)8-11-3-2-6-19-11/h4-5,7,11,14H,2-3,6,8H2,1H3,(H2,13,17,18). The van der Waals surface area contributed by atoms with Crippen LogP contribution in [0.3, 0.4) is 0 Å². The second-order valence-corrected chi connectivity index (χ2v) is 8.34. The predicted molar refractivity (Wildman–Crippen MR) is 78.9 cm³/mol. The van der Waals surface area contributed by atoms with Gasteiger partial charge >= 0.3 is 0 Å². The number of hydrogen-bond acceptors (Lipinski definition) is 5. The zero-order chi connectivity index (χ0) is 15.7. The molecule has 1 unspecified atom stereocenters. The van der Waals surface area contributed by atoms with Gasteiger partial charge in [0.1, 0.15) is 0 Å². The minimum absolute atomic E-state index is 0.0235. The summed E-state index contributed by atoms with van der Waals surface area (Å²) in [5.74, 6) is -0.108. The van der Waals surface area contributed by atoms with Gasteiger partial charge in [0, 0.05) is 12.3 Å². The number of ether oxygens (including phenoxy) is 1. The molecule has 1 aliphatic rings. The third-order valence-corrected chi connectivity index (χ3v) is 5.61. The van der Waals surface area contributed by atoms with Crippen LogP contribution in [0.25, 0.3) is 0 Å². The van der Waals surface area contributed by atoms with Gasteiger partial charge in [-0.15, -0.1) is 0 Å². The van der Waals surface area contributed by atoms with Gasteiger partial charge in [-0.3, -0.25) is 4.72 Å². The lowest BCUT2D eigenvalue weighted by molar-refractivity contribution is 0.127. The predicted octanol–water partition coefficient (Wildman–Crippen LogP) is 0.563. The SMILES string of the molecule is Cc1cc(NS(=O)(=O)CC2CCCO2)ccc1S(N)(=O)=O. The Kier molecular flexibility index (Phi) is 4.57. The molecule has 1 atom stereocenters. The van der Waals surface area contributed by atoms with Gasteiger partial charge in [0.05, 0.1) is 16.8 Å². The van der Waals surface area contributed by atoms with Crippen LogP contribution in [0.15, 0.2) is 23.1 Å². The van der Waals surface area contributed by atoms with E-state index in [9.17, 15) is 16.8 Å². The third kappa shape index (κ3) is 4.40. The van der Waals surface area contributed by atoms with Gasteiger partial charge in [0.2, 0.25) is 20.0 Å². The molecule has 0 aromatic heterocycles. The molecule has 1 saturated heterocycles. The van der Waals surface area contributed by atoms with Crippen LogP contribution in [0.4, 0.5) is 5.69 Å². The van der Waals surface area contributed by atoms with E-state index in [0.29, 0.717) is 17.9 Å². The molecule has 1 aliphatic heterocycles. The maximum atomic E-state index is 12.0. The molecule has 2 rings (SSSR count). The van der Waals surface area contributed by atoms with Gasteiger partial charge in [-0.05, 0) is 43.5 Å². The van der Waals surface area contributed by atoms with Gasteiger partial charge in [-0.25, -0.2) is 22.0 Å². The molecule has 0 aliphatic carbocycles. The van der Waals surface area contributed by atoms with E-state index >= 15 is 0 Å². The Balaban J connectivity index is 2.14. The fraction of sp³-hybridized carbons (Fsp3) is 0.500. The molecule has 0 radical (unpaired) electrons. The van der Waals surface area contributed by atoms with E-state index in [1.165, 1.54) is 18.2 Å². The molecule has 3 N–H and O–H groups in total. The molecule has 21 heavy (non-hydrogen) atoms. The van der Waals surface area contributed by atoms with Crippen molar-refractivity contribution in [2.45, 2.75) is 30.8 Å². The maximum Gasteiger partial charge on any atom is 0.238 e. The minimum atomic E-state index is -3.81. The second kappa shape index (κ2) is 5.91. The van der Waals surface area contributed by atoms with Crippen molar-refractivity contribution in [2.24, 2.45) is 5.14 Å². The van der Waals surface area contributed by atoms with Crippen LogP contribution >= 0.6 is 0 Å². The van der Waals surface area contributed by atoms with Crippen LogP contribution in [-0.4, -0.2) is 35.3 Å². The summed E-state index contributed by atoms with van der Waals surface area (Å²) in [5.41, 5.74) is 0.688. The zero-order valence-corrected chi connectivity index (χ0v) is 13.2. The largest absolute Gasteiger partial charge is 0.377 e. The second-order valence-electron chi connectivity index (χ2n) is 5.04. The highest BCUT2D eigenvalue weighted by molar-refractivity contribution is 7.92. The molecule has 9 heteroatoms. The van der Waals surface area contributed by atoms with Gasteiger partial charge < -0.3 is 4.74 Å². The number of benzene rings is 1. The summed E-state index contributed by atoms with van der Waals surface area (Å²) in [5, 5.41) is 5.06. The molecule has 0 bridgehead atoms. The lowest BCUT2D eigenvalue weighted by Crippen LogP contribution is -2.25. The van der Waals surface area contributed by atoms with Crippen molar-refractivity contribution in [1.29, 1.82) is 0 Å². The van der Waals surface area contributed by atoms with Gasteiger partial charge in [-0.2, -0.15) is 0 Å². The van der Waals surface area contributed by atoms with Gasteiger partial charge in [0.25, 0.3) is 0 Å². The Labute approximate surface area is 124 Å². The molecular weight excluding hydrogens is 316 g/mol. The Morgan fingerprint density at radius 3 is 2.57 bits per heavy atom. The first kappa shape index (κ1) is 16.2. The number of rotatable bonds is 5. The maximum absolute atomic E-state index is 12.0. The van der Waals surface area contributed by atoms with E-state index in [4.69, 9.17) is 9.88 Å². The van der Waals surface area contributed by atoms with E-state index < -0.39 is 20.0 Å². The van der Waals surface area contributed by atoms with E-state index in [0.717, 1.165) is 12.8 Å². The van der Waals surface area contributed by atoms with Crippen LogP contribution in [0.5, 0.6) is 0 Å². The van der Waals surface area contributed by atoms with Crippen molar-refractivity contribution in [3.8, 4) is 0 Å². The number of nitrogens with one attached hydrogen (secondary N) is 1. The Hall–Kier alpha value is -1.16. The Bertz CT molecular complexity index is 722. The summed E-state index contributed by atoms with van der Waals surface area (Å²) in [6, 6.07) is 4.10. The van der Waals surface area contributed by atoms with Gasteiger partial charge in [-0.1, -0.05) is 0 Å². The molecule has 1 aromatic rings. The molecule has 1 heterocycles. The topological polar surface area (TPSA) is 116 Å². The van der Waals surface area contributed by atoms with Crippen molar-refractivity contribution < 1.29 is 21.6 Å². The minimum Gasteiger partial charge on any atom is -0.377 e. The van der Waals surface area contributed by atoms with Crippen LogP contribution in [0.2, 0.25) is 0 Å². The molecule has 7 nitrogen and oxygen atoms in total. The number of hydrogen-bond donors (Lipinski definition) is 2. The van der Waals surface area contributed by atoms with Crippen molar-refractivity contribution in [2.75, 3.05) is 17.1 Å². The van der Waals surface area contributed by atoms with E-state index in [1.807, 2.05) is 0 Å². The molecule has 1 aromatic carbocycles. The highest BCUT2D eigenvalue weighted by Crippen LogP contribution is 2.20. The number of anilines is 1. The number of sulfonamides is 2. The van der Waals surface area contributed by atoms with Crippen molar-refractivity contribution in [3.63, 3.8) is 0 Å². The summed E-state index contributed by atoms with van der Waals surface area (Å²) >= 11 is 0. The summed E-state index contributed by atoms with van der Waals surface area (Å²) in [6.07, 6.45) is 1.31. The summed E-state index contributed by atoms with van der Waals surface area (Å²) in [4.78, 5) is -0.0235. The molecule has 0 amide bonds. The highest BCUT2D eigenvalue weighted by Gasteiger charge is 2.23. The zero-order valence-electron chi connectivity index (χ0n) is 11.6. The van der Waals surface area contributed by atoms with Crippen LogP contribution in [0, 0.1) is 6.92 Å². The third-order valence-electron chi connectivity index (χ3n) is 3.18. The van der Waals surface area contributed by atoms with E-state index in [-0.39, 0.29) is 16.8 Å². The number of aryl methyl sites for hydroxylation is 1. The van der Waals surface area contributed by atoms with Gasteiger partial charge in [0.15, 0.2) is 0 Å². The quantitative estimate of drug-likeness (QED) is 0.816. The monoisotopic (exact) mass is 334 g/mol. The van der Waals surface area contributed by atoms with Crippen molar-refractivity contribution >= 4 is 25.7 Å². The lowest BCUT2D eigenvalue weighted by Gasteiger charge is -2.13. The highest BCUT2D eigenvalue weighted by atomic mass is 32.2. The Morgan fingerprint density at radius 1 is 1.33 bits per heavy atom. The smallest absolute Gasteiger partial charge is 0.238 e. The Morgan fingerprint density at radius 2 is 2.05 bits per heavy atom. The average Bonchev–Trinajstić information content (AvgIpc) is 2.78. The van der Waals surface area contributed by atoms with Crippen LogP contribution in [0.1, 0.15) is 18.4 Å². The molecule has 0 spiro atoms. The fourth-order valence-electron chi connectivity index (χ4n) is 2.27. The summed E-state index contributed by atoms with van der Waals surface area (Å²) in [7, 11) is -7.35.